The van der Waals surface area contributed by atoms with E-state index in [4.69, 9.17) is 5.73 Å². The third-order valence-electron chi connectivity index (χ3n) is 0.761. The average molecular weight is 121 g/mol. The van der Waals surface area contributed by atoms with Gasteiger partial charge in [-0.15, -0.1) is 0 Å². The first-order valence-corrected chi connectivity index (χ1v) is 2.29. The van der Waals surface area contributed by atoms with E-state index in [0.29, 0.717) is 0 Å². The molecule has 0 aromatic rings. The van der Waals surface area contributed by atoms with Gasteiger partial charge in [0.05, 0.1) is 0 Å². The average Bonchev–Trinajstić information content (AvgIpc) is 1.64. The van der Waals surface area contributed by atoms with Crippen molar-refractivity contribution >= 4 is 0 Å². The van der Waals surface area contributed by atoms with Crippen molar-refractivity contribution in [2.75, 3.05) is 0 Å². The largest absolute Gasteiger partial charge is 0.325 e. The van der Waals surface area contributed by atoms with Crippen LogP contribution in [0.3, 0.4) is 0 Å². The van der Waals surface area contributed by atoms with E-state index in [2.05, 4.69) is 6.58 Å². The molecule has 0 aliphatic carbocycles. The Morgan fingerprint density at radius 1 is 1.75 bits per heavy atom. The lowest BCUT2D eigenvalue weighted by atomic mass is 10.2. The summed E-state index contributed by atoms with van der Waals surface area (Å²) in [6.45, 7) is 4.14. The molecule has 0 rings (SSSR count). The minimum Gasteiger partial charge on any atom is -0.325 e. The molecule has 0 aliphatic rings. The molecule has 48 valence electrons. The van der Waals surface area contributed by atoms with Crippen molar-refractivity contribution in [1.82, 2.24) is 0 Å². The fourth-order valence-corrected chi connectivity index (χ4v) is 0.285. The molecule has 1 nitrogen and oxygen atoms in total. The highest BCUT2D eigenvalue weighted by atomic mass is 19.2. The monoisotopic (exact) mass is 121 g/mol. The molecule has 0 heterocycles. The molecule has 0 amide bonds. The zero-order valence-corrected chi connectivity index (χ0v) is 4.70. The summed E-state index contributed by atoms with van der Waals surface area (Å²) in [4.78, 5) is 0. The van der Waals surface area contributed by atoms with Crippen molar-refractivity contribution < 1.29 is 8.78 Å². The highest BCUT2D eigenvalue weighted by Crippen LogP contribution is 2.07. The van der Waals surface area contributed by atoms with Gasteiger partial charge in [-0.25, -0.2) is 8.78 Å². The van der Waals surface area contributed by atoms with Crippen molar-refractivity contribution in [3.05, 3.63) is 12.4 Å². The predicted octanol–water partition coefficient (Wildman–Crippen LogP) is 1.15. The van der Waals surface area contributed by atoms with Crippen LogP contribution in [0.1, 0.15) is 6.92 Å². The molecule has 0 fully saturated rings. The van der Waals surface area contributed by atoms with Gasteiger partial charge in [0.25, 0.3) is 0 Å². The van der Waals surface area contributed by atoms with E-state index in [9.17, 15) is 8.78 Å². The molecule has 0 saturated carbocycles. The molecule has 3 heteroatoms. The van der Waals surface area contributed by atoms with E-state index in [1.165, 1.54) is 6.92 Å². The molecule has 0 aliphatic heterocycles. The zero-order valence-electron chi connectivity index (χ0n) is 4.70. The Kier molecular flexibility index (Phi) is 2.62. The molecule has 2 N–H and O–H groups in total. The first-order valence-electron chi connectivity index (χ1n) is 2.29. The van der Waals surface area contributed by atoms with Crippen LogP contribution < -0.4 is 5.73 Å². The summed E-state index contributed by atoms with van der Waals surface area (Å²) in [6.07, 6.45) is -1.71. The van der Waals surface area contributed by atoms with Crippen LogP contribution >= 0.6 is 0 Å². The van der Waals surface area contributed by atoms with Crippen LogP contribution in [0.5, 0.6) is 0 Å². The Morgan fingerprint density at radius 3 is 2.12 bits per heavy atom. The summed E-state index contributed by atoms with van der Waals surface area (Å²) in [5.41, 5.74) is 4.96. The first kappa shape index (κ1) is 7.56. The summed E-state index contributed by atoms with van der Waals surface area (Å²) in [5.74, 6) is -1.000. The summed E-state index contributed by atoms with van der Waals surface area (Å²) in [6, 6.07) is -0.799. The summed E-state index contributed by atoms with van der Waals surface area (Å²) in [7, 11) is 0. The molecule has 8 heavy (non-hydrogen) atoms. The molecular weight excluding hydrogens is 112 g/mol. The number of hydrogen-bond acceptors (Lipinski definition) is 1. The van der Waals surface area contributed by atoms with E-state index in [1.807, 2.05) is 0 Å². The number of rotatable bonds is 2. The van der Waals surface area contributed by atoms with Crippen LogP contribution in [0.2, 0.25) is 0 Å². The normalized spacial score (nSPS) is 17.5. The van der Waals surface area contributed by atoms with Crippen LogP contribution in [0.25, 0.3) is 0 Å². The lowest BCUT2D eigenvalue weighted by Crippen LogP contribution is -2.27. The second-order valence-electron chi connectivity index (χ2n) is 1.71. The molecule has 0 radical (unpaired) electrons. The van der Waals surface area contributed by atoms with Gasteiger partial charge >= 0.3 is 0 Å². The standard InChI is InChI=1S/C5H9F2N/c1-3(6)5(7)4(2)8/h4-5H,1,8H2,2H3. The van der Waals surface area contributed by atoms with Gasteiger partial charge in [0.2, 0.25) is 0 Å². The maximum absolute atomic E-state index is 12.0. The molecule has 0 spiro atoms. The van der Waals surface area contributed by atoms with Crippen molar-refractivity contribution in [1.29, 1.82) is 0 Å². The van der Waals surface area contributed by atoms with E-state index in [-0.39, 0.29) is 0 Å². The maximum atomic E-state index is 12.0. The Hall–Kier alpha value is -0.440. The molecule has 0 aromatic carbocycles. The van der Waals surface area contributed by atoms with Gasteiger partial charge in [-0.3, -0.25) is 0 Å². The molecule has 0 bridgehead atoms. The number of halogens is 2. The molecule has 0 saturated heterocycles. The van der Waals surface area contributed by atoms with Crippen LogP contribution in [-0.2, 0) is 0 Å². The Morgan fingerprint density at radius 2 is 2.12 bits per heavy atom. The smallest absolute Gasteiger partial charge is 0.165 e. The SMILES string of the molecule is C=C(F)C(F)C(C)N. The summed E-state index contributed by atoms with van der Waals surface area (Å²) < 4.78 is 23.7. The predicted molar refractivity (Wildman–Crippen MR) is 28.8 cm³/mol. The van der Waals surface area contributed by atoms with Crippen molar-refractivity contribution in [3.8, 4) is 0 Å². The minimum absolute atomic E-state index is 0.799. The third kappa shape index (κ3) is 2.02. The molecular formula is C5H9F2N. The third-order valence-corrected chi connectivity index (χ3v) is 0.761. The fraction of sp³-hybridized carbons (Fsp3) is 0.600. The van der Waals surface area contributed by atoms with E-state index < -0.39 is 18.0 Å². The minimum atomic E-state index is -1.71. The summed E-state index contributed by atoms with van der Waals surface area (Å²) in [5, 5.41) is 0. The Balaban J connectivity index is 3.64. The lowest BCUT2D eigenvalue weighted by molar-refractivity contribution is 0.291. The van der Waals surface area contributed by atoms with E-state index >= 15 is 0 Å². The highest BCUT2D eigenvalue weighted by molar-refractivity contribution is 4.94. The van der Waals surface area contributed by atoms with Crippen LogP contribution in [0, 0.1) is 0 Å². The number of nitrogens with two attached hydrogens (primary N) is 1. The van der Waals surface area contributed by atoms with Crippen LogP contribution in [0.4, 0.5) is 8.78 Å². The quantitative estimate of drug-likeness (QED) is 0.582. The second-order valence-corrected chi connectivity index (χ2v) is 1.71. The van der Waals surface area contributed by atoms with E-state index in [1.54, 1.807) is 0 Å². The van der Waals surface area contributed by atoms with Crippen LogP contribution in [0.15, 0.2) is 12.4 Å². The van der Waals surface area contributed by atoms with Gasteiger partial charge in [0.1, 0.15) is 5.83 Å². The van der Waals surface area contributed by atoms with Gasteiger partial charge in [0.15, 0.2) is 6.17 Å². The number of hydrogen-bond donors (Lipinski definition) is 1. The van der Waals surface area contributed by atoms with E-state index in [0.717, 1.165) is 0 Å². The zero-order chi connectivity index (χ0) is 6.73. The molecule has 2 unspecified atom stereocenters. The molecule has 2 atom stereocenters. The summed E-state index contributed by atoms with van der Waals surface area (Å²) >= 11 is 0. The topological polar surface area (TPSA) is 26.0 Å². The van der Waals surface area contributed by atoms with Crippen molar-refractivity contribution in [2.24, 2.45) is 5.73 Å². The van der Waals surface area contributed by atoms with Gasteiger partial charge in [-0.05, 0) is 6.92 Å². The van der Waals surface area contributed by atoms with Gasteiger partial charge < -0.3 is 5.73 Å². The maximum Gasteiger partial charge on any atom is 0.165 e. The lowest BCUT2D eigenvalue weighted by Gasteiger charge is -2.06. The first-order chi connectivity index (χ1) is 3.55. The van der Waals surface area contributed by atoms with Gasteiger partial charge in [-0.2, -0.15) is 0 Å². The Labute approximate surface area is 47.2 Å². The number of alkyl halides is 1. The fourth-order valence-electron chi connectivity index (χ4n) is 0.285. The van der Waals surface area contributed by atoms with Crippen LogP contribution in [-0.4, -0.2) is 12.2 Å². The van der Waals surface area contributed by atoms with Gasteiger partial charge in [-0.1, -0.05) is 6.58 Å². The van der Waals surface area contributed by atoms with Crippen molar-refractivity contribution in [2.45, 2.75) is 19.1 Å². The van der Waals surface area contributed by atoms with Crippen molar-refractivity contribution in [3.63, 3.8) is 0 Å². The highest BCUT2D eigenvalue weighted by Gasteiger charge is 2.14. The Bertz CT molecular complexity index is 90.4. The second kappa shape index (κ2) is 2.77. The molecule has 0 aromatic heterocycles. The van der Waals surface area contributed by atoms with Gasteiger partial charge in [0, 0.05) is 6.04 Å².